The molecular formula is C16H15NO. The van der Waals surface area contributed by atoms with E-state index in [0.29, 0.717) is 5.75 Å². The van der Waals surface area contributed by atoms with Crippen molar-refractivity contribution >= 4 is 10.9 Å². The molecule has 3 aromatic rings. The van der Waals surface area contributed by atoms with E-state index in [-0.39, 0.29) is 0 Å². The van der Waals surface area contributed by atoms with Crippen LogP contribution < -0.4 is 0 Å². The van der Waals surface area contributed by atoms with Gasteiger partial charge in [-0.15, -0.1) is 0 Å². The lowest BCUT2D eigenvalue weighted by Gasteiger charge is -2.08. The summed E-state index contributed by atoms with van der Waals surface area (Å²) in [4.78, 5) is 0. The predicted octanol–water partition coefficient (Wildman–Crippen LogP) is 3.70. The number of rotatable bonds is 2. The Balaban J connectivity index is 2.07. The molecule has 0 aliphatic rings. The van der Waals surface area contributed by atoms with Gasteiger partial charge in [0.2, 0.25) is 0 Å². The molecule has 0 atom stereocenters. The third kappa shape index (κ3) is 1.86. The Morgan fingerprint density at radius 1 is 1.00 bits per heavy atom. The number of hydrogen-bond acceptors (Lipinski definition) is 1. The van der Waals surface area contributed by atoms with E-state index in [9.17, 15) is 5.11 Å². The standard InChI is InChI=1S/C16H15NO/c1-12-9-14-6-2-3-8-16(14)17(12)11-13-5-4-7-15(18)10-13/h2-10,18H,11H2,1H3. The largest absolute Gasteiger partial charge is 0.508 e. The molecule has 0 saturated heterocycles. The maximum atomic E-state index is 9.52. The van der Waals surface area contributed by atoms with E-state index < -0.39 is 0 Å². The molecule has 90 valence electrons. The second kappa shape index (κ2) is 4.22. The summed E-state index contributed by atoms with van der Waals surface area (Å²) in [6.07, 6.45) is 0. The lowest BCUT2D eigenvalue weighted by atomic mass is 10.2. The first kappa shape index (κ1) is 10.9. The number of hydrogen-bond donors (Lipinski definition) is 1. The minimum absolute atomic E-state index is 0.321. The molecule has 1 aromatic heterocycles. The van der Waals surface area contributed by atoms with Crippen LogP contribution in [0, 0.1) is 6.92 Å². The summed E-state index contributed by atoms with van der Waals surface area (Å²) in [7, 11) is 0. The van der Waals surface area contributed by atoms with Crippen molar-refractivity contribution < 1.29 is 5.11 Å². The third-order valence-electron chi connectivity index (χ3n) is 3.27. The molecule has 1 heterocycles. The number of benzene rings is 2. The van der Waals surface area contributed by atoms with Crippen LogP contribution in [0.1, 0.15) is 11.3 Å². The fourth-order valence-electron chi connectivity index (χ4n) is 2.40. The molecule has 1 N–H and O–H groups in total. The average molecular weight is 237 g/mol. The summed E-state index contributed by atoms with van der Waals surface area (Å²) in [5, 5.41) is 10.8. The van der Waals surface area contributed by atoms with Crippen LogP contribution in [0.2, 0.25) is 0 Å². The molecule has 18 heavy (non-hydrogen) atoms. The zero-order valence-electron chi connectivity index (χ0n) is 10.3. The van der Waals surface area contributed by atoms with Crippen LogP contribution in [0.4, 0.5) is 0 Å². The van der Waals surface area contributed by atoms with Gasteiger partial charge in [0, 0.05) is 17.8 Å². The Morgan fingerprint density at radius 2 is 1.83 bits per heavy atom. The first-order chi connectivity index (χ1) is 8.74. The number of aryl methyl sites for hydroxylation is 1. The van der Waals surface area contributed by atoms with Crippen molar-refractivity contribution in [3.05, 3.63) is 65.9 Å². The van der Waals surface area contributed by atoms with E-state index >= 15 is 0 Å². The van der Waals surface area contributed by atoms with E-state index in [4.69, 9.17) is 0 Å². The number of para-hydroxylation sites is 1. The van der Waals surface area contributed by atoms with Gasteiger partial charge in [-0.25, -0.2) is 0 Å². The average Bonchev–Trinajstić information content (AvgIpc) is 2.66. The van der Waals surface area contributed by atoms with Gasteiger partial charge in [-0.1, -0.05) is 30.3 Å². The highest BCUT2D eigenvalue weighted by Gasteiger charge is 2.05. The Bertz CT molecular complexity index is 697. The second-order valence-corrected chi connectivity index (χ2v) is 4.60. The molecule has 0 fully saturated rings. The van der Waals surface area contributed by atoms with Gasteiger partial charge < -0.3 is 9.67 Å². The molecule has 0 aliphatic carbocycles. The minimum atomic E-state index is 0.321. The summed E-state index contributed by atoms with van der Waals surface area (Å²) in [6, 6.07) is 18.0. The van der Waals surface area contributed by atoms with Crippen molar-refractivity contribution in [3.63, 3.8) is 0 Å². The first-order valence-electron chi connectivity index (χ1n) is 6.07. The highest BCUT2D eigenvalue weighted by atomic mass is 16.3. The quantitative estimate of drug-likeness (QED) is 0.722. The number of fused-ring (bicyclic) bond motifs is 1. The number of phenols is 1. The molecule has 3 rings (SSSR count). The molecule has 0 unspecified atom stereocenters. The van der Waals surface area contributed by atoms with E-state index in [1.54, 1.807) is 6.07 Å². The molecule has 2 heteroatoms. The molecular weight excluding hydrogens is 222 g/mol. The van der Waals surface area contributed by atoms with Gasteiger partial charge in [0.05, 0.1) is 0 Å². The maximum Gasteiger partial charge on any atom is 0.115 e. The zero-order valence-corrected chi connectivity index (χ0v) is 10.3. The van der Waals surface area contributed by atoms with Crippen molar-refractivity contribution in [2.45, 2.75) is 13.5 Å². The summed E-state index contributed by atoms with van der Waals surface area (Å²) < 4.78 is 2.27. The third-order valence-corrected chi connectivity index (χ3v) is 3.27. The van der Waals surface area contributed by atoms with Gasteiger partial charge in [-0.2, -0.15) is 0 Å². The fourth-order valence-corrected chi connectivity index (χ4v) is 2.40. The van der Waals surface area contributed by atoms with E-state index in [0.717, 1.165) is 12.1 Å². The van der Waals surface area contributed by atoms with Gasteiger partial charge in [-0.05, 0) is 42.1 Å². The molecule has 2 aromatic carbocycles. The van der Waals surface area contributed by atoms with Crippen molar-refractivity contribution in [1.29, 1.82) is 0 Å². The van der Waals surface area contributed by atoms with Gasteiger partial charge in [0.15, 0.2) is 0 Å². The predicted molar refractivity (Wildman–Crippen MR) is 73.9 cm³/mol. The van der Waals surface area contributed by atoms with Gasteiger partial charge in [0.25, 0.3) is 0 Å². The summed E-state index contributed by atoms with van der Waals surface area (Å²) >= 11 is 0. The Kier molecular flexibility index (Phi) is 2.56. The van der Waals surface area contributed by atoms with Crippen molar-refractivity contribution in [1.82, 2.24) is 4.57 Å². The SMILES string of the molecule is Cc1cc2ccccc2n1Cc1cccc(O)c1. The Labute approximate surface area is 106 Å². The zero-order chi connectivity index (χ0) is 12.5. The van der Waals surface area contributed by atoms with Crippen LogP contribution in [0.25, 0.3) is 10.9 Å². The molecule has 0 saturated carbocycles. The lowest BCUT2D eigenvalue weighted by molar-refractivity contribution is 0.474. The number of phenolic OH excluding ortho intramolecular Hbond substituents is 1. The number of nitrogens with zero attached hydrogens (tertiary/aromatic N) is 1. The maximum absolute atomic E-state index is 9.52. The Morgan fingerprint density at radius 3 is 2.67 bits per heavy atom. The van der Waals surface area contributed by atoms with Gasteiger partial charge in [-0.3, -0.25) is 0 Å². The van der Waals surface area contributed by atoms with Crippen molar-refractivity contribution in [2.24, 2.45) is 0 Å². The monoisotopic (exact) mass is 237 g/mol. The van der Waals surface area contributed by atoms with Crippen LogP contribution in [0.3, 0.4) is 0 Å². The minimum Gasteiger partial charge on any atom is -0.508 e. The van der Waals surface area contributed by atoms with Crippen LogP contribution in [-0.4, -0.2) is 9.67 Å². The topological polar surface area (TPSA) is 25.2 Å². The van der Waals surface area contributed by atoms with Crippen molar-refractivity contribution in [3.8, 4) is 5.75 Å². The second-order valence-electron chi connectivity index (χ2n) is 4.60. The smallest absolute Gasteiger partial charge is 0.115 e. The normalized spacial score (nSPS) is 10.9. The molecule has 0 bridgehead atoms. The van der Waals surface area contributed by atoms with Crippen molar-refractivity contribution in [2.75, 3.05) is 0 Å². The summed E-state index contributed by atoms with van der Waals surface area (Å²) in [5.74, 6) is 0.321. The first-order valence-corrected chi connectivity index (χ1v) is 6.07. The highest BCUT2D eigenvalue weighted by molar-refractivity contribution is 5.81. The van der Waals surface area contributed by atoms with E-state index in [2.05, 4.69) is 41.8 Å². The van der Waals surface area contributed by atoms with E-state index in [1.165, 1.54) is 16.6 Å². The molecule has 0 radical (unpaired) electrons. The summed E-state index contributed by atoms with van der Waals surface area (Å²) in [6.45, 7) is 2.90. The number of aromatic nitrogens is 1. The summed E-state index contributed by atoms with van der Waals surface area (Å²) in [5.41, 5.74) is 3.58. The molecule has 0 aliphatic heterocycles. The molecule has 0 amide bonds. The molecule has 0 spiro atoms. The van der Waals surface area contributed by atoms with Gasteiger partial charge >= 0.3 is 0 Å². The highest BCUT2D eigenvalue weighted by Crippen LogP contribution is 2.21. The van der Waals surface area contributed by atoms with Crippen LogP contribution in [0.15, 0.2) is 54.6 Å². The van der Waals surface area contributed by atoms with Crippen LogP contribution in [-0.2, 0) is 6.54 Å². The lowest BCUT2D eigenvalue weighted by Crippen LogP contribution is -2.01. The van der Waals surface area contributed by atoms with Gasteiger partial charge in [0.1, 0.15) is 5.75 Å². The van der Waals surface area contributed by atoms with E-state index in [1.807, 2.05) is 18.2 Å². The molecule has 2 nitrogen and oxygen atoms in total. The fraction of sp³-hybridized carbons (Fsp3) is 0.125. The van der Waals surface area contributed by atoms with Crippen LogP contribution >= 0.6 is 0 Å². The number of aromatic hydroxyl groups is 1. The van der Waals surface area contributed by atoms with Crippen LogP contribution in [0.5, 0.6) is 5.75 Å². The Hall–Kier alpha value is -2.22.